The molecule has 5 heteroatoms. The second kappa shape index (κ2) is 3.46. The number of carbonyl (C=O) groups is 2. The standard InChI is InChI=1S/C9H14N2O2S/c12-7-4-10-8(13)11(7)5-9(6-14)2-1-3-9/h14H,1-6H2,(H,10,13). The van der Waals surface area contributed by atoms with E-state index in [0.29, 0.717) is 6.54 Å². The van der Waals surface area contributed by atoms with Crippen molar-refractivity contribution in [2.45, 2.75) is 19.3 Å². The summed E-state index contributed by atoms with van der Waals surface area (Å²) in [7, 11) is 0. The minimum atomic E-state index is -0.247. The molecule has 0 unspecified atom stereocenters. The van der Waals surface area contributed by atoms with Gasteiger partial charge in [0.25, 0.3) is 0 Å². The fraction of sp³-hybridized carbons (Fsp3) is 0.778. The van der Waals surface area contributed by atoms with Gasteiger partial charge in [-0.25, -0.2) is 4.79 Å². The molecule has 78 valence electrons. The molecule has 0 atom stereocenters. The van der Waals surface area contributed by atoms with Crippen molar-refractivity contribution in [3.05, 3.63) is 0 Å². The summed E-state index contributed by atoms with van der Waals surface area (Å²) >= 11 is 4.29. The Balaban J connectivity index is 2.02. The topological polar surface area (TPSA) is 49.4 Å². The van der Waals surface area contributed by atoms with Crippen LogP contribution in [0.1, 0.15) is 19.3 Å². The van der Waals surface area contributed by atoms with Crippen molar-refractivity contribution in [1.29, 1.82) is 0 Å². The van der Waals surface area contributed by atoms with Gasteiger partial charge in [0, 0.05) is 6.54 Å². The molecule has 1 saturated heterocycles. The highest BCUT2D eigenvalue weighted by Gasteiger charge is 2.41. The maximum absolute atomic E-state index is 11.3. The van der Waals surface area contributed by atoms with E-state index in [-0.39, 0.29) is 23.9 Å². The first-order valence-corrected chi connectivity index (χ1v) is 5.49. The Kier molecular flexibility index (Phi) is 2.43. The van der Waals surface area contributed by atoms with Gasteiger partial charge in [-0.1, -0.05) is 6.42 Å². The lowest BCUT2D eigenvalue weighted by Gasteiger charge is -2.42. The van der Waals surface area contributed by atoms with Crippen LogP contribution in [0.3, 0.4) is 0 Å². The first-order chi connectivity index (χ1) is 6.67. The summed E-state index contributed by atoms with van der Waals surface area (Å²) < 4.78 is 0. The first kappa shape index (κ1) is 9.83. The summed E-state index contributed by atoms with van der Waals surface area (Å²) in [6.45, 7) is 0.697. The largest absolute Gasteiger partial charge is 0.329 e. The molecule has 0 aromatic rings. The fourth-order valence-corrected chi connectivity index (χ4v) is 2.41. The van der Waals surface area contributed by atoms with Crippen LogP contribution in [0.4, 0.5) is 4.79 Å². The van der Waals surface area contributed by atoms with E-state index in [9.17, 15) is 9.59 Å². The van der Waals surface area contributed by atoms with E-state index in [1.807, 2.05) is 0 Å². The summed E-state index contributed by atoms with van der Waals surface area (Å²) in [4.78, 5) is 24.0. The molecule has 2 aliphatic rings. The SMILES string of the molecule is O=C1CNC(=O)N1CC1(CS)CCC1. The zero-order chi connectivity index (χ0) is 10.2. The van der Waals surface area contributed by atoms with Gasteiger partial charge in [-0.05, 0) is 24.0 Å². The minimum Gasteiger partial charge on any atom is -0.329 e. The smallest absolute Gasteiger partial charge is 0.324 e. The number of carbonyl (C=O) groups excluding carboxylic acids is 2. The molecule has 0 aromatic carbocycles. The molecule has 14 heavy (non-hydrogen) atoms. The van der Waals surface area contributed by atoms with Gasteiger partial charge >= 0.3 is 6.03 Å². The van der Waals surface area contributed by atoms with Crippen molar-refractivity contribution in [2.75, 3.05) is 18.8 Å². The Morgan fingerprint density at radius 1 is 1.43 bits per heavy atom. The van der Waals surface area contributed by atoms with Crippen LogP contribution >= 0.6 is 12.6 Å². The van der Waals surface area contributed by atoms with Gasteiger partial charge in [-0.3, -0.25) is 9.69 Å². The first-order valence-electron chi connectivity index (χ1n) is 4.86. The van der Waals surface area contributed by atoms with Gasteiger partial charge in [-0.15, -0.1) is 0 Å². The van der Waals surface area contributed by atoms with E-state index >= 15 is 0 Å². The molecule has 1 aliphatic heterocycles. The Hall–Kier alpha value is -0.710. The molecule has 0 radical (unpaired) electrons. The molecular weight excluding hydrogens is 200 g/mol. The van der Waals surface area contributed by atoms with Crippen LogP contribution in [-0.4, -0.2) is 35.7 Å². The third-order valence-electron chi connectivity index (χ3n) is 3.18. The van der Waals surface area contributed by atoms with E-state index in [2.05, 4.69) is 17.9 Å². The molecule has 0 aromatic heterocycles. The number of nitrogens with one attached hydrogen (secondary N) is 1. The lowest BCUT2D eigenvalue weighted by Crippen LogP contribution is -2.46. The van der Waals surface area contributed by atoms with E-state index in [4.69, 9.17) is 0 Å². The summed E-state index contributed by atoms with van der Waals surface area (Å²) in [6.07, 6.45) is 3.34. The molecule has 2 rings (SSSR count). The van der Waals surface area contributed by atoms with E-state index < -0.39 is 0 Å². The van der Waals surface area contributed by atoms with Crippen LogP contribution in [-0.2, 0) is 4.79 Å². The summed E-state index contributed by atoms with van der Waals surface area (Å²) in [5, 5.41) is 2.53. The number of hydrogen-bond donors (Lipinski definition) is 2. The monoisotopic (exact) mass is 214 g/mol. The number of hydrogen-bond acceptors (Lipinski definition) is 3. The predicted octanol–water partition coefficient (Wildman–Crippen LogP) is 0.638. The Morgan fingerprint density at radius 3 is 2.50 bits per heavy atom. The van der Waals surface area contributed by atoms with Crippen LogP contribution in [0.5, 0.6) is 0 Å². The van der Waals surface area contributed by atoms with E-state index in [1.54, 1.807) is 0 Å². The number of urea groups is 1. The predicted molar refractivity (Wildman–Crippen MR) is 55.2 cm³/mol. The molecule has 1 saturated carbocycles. The van der Waals surface area contributed by atoms with E-state index in [0.717, 1.165) is 18.6 Å². The highest BCUT2D eigenvalue weighted by molar-refractivity contribution is 7.80. The van der Waals surface area contributed by atoms with Gasteiger partial charge in [-0.2, -0.15) is 12.6 Å². The molecule has 0 spiro atoms. The molecule has 1 N–H and O–H groups in total. The number of imide groups is 1. The van der Waals surface area contributed by atoms with Crippen molar-refractivity contribution in [3.8, 4) is 0 Å². The third-order valence-corrected chi connectivity index (χ3v) is 3.85. The number of thiol groups is 1. The number of amides is 3. The maximum Gasteiger partial charge on any atom is 0.324 e. The average molecular weight is 214 g/mol. The maximum atomic E-state index is 11.3. The van der Waals surface area contributed by atoms with E-state index in [1.165, 1.54) is 11.3 Å². The lowest BCUT2D eigenvalue weighted by atomic mass is 9.70. The van der Waals surface area contributed by atoms with Crippen molar-refractivity contribution in [3.63, 3.8) is 0 Å². The summed E-state index contributed by atoms with van der Waals surface area (Å²) in [5.41, 5.74) is 0.0977. The highest BCUT2D eigenvalue weighted by atomic mass is 32.1. The zero-order valence-electron chi connectivity index (χ0n) is 7.95. The van der Waals surface area contributed by atoms with Crippen LogP contribution in [0.15, 0.2) is 0 Å². The molecule has 4 nitrogen and oxygen atoms in total. The molecular formula is C9H14N2O2S. The highest BCUT2D eigenvalue weighted by Crippen LogP contribution is 2.42. The third kappa shape index (κ3) is 1.49. The van der Waals surface area contributed by atoms with Crippen molar-refractivity contribution in [1.82, 2.24) is 10.2 Å². The number of nitrogens with zero attached hydrogens (tertiary/aromatic N) is 1. The van der Waals surface area contributed by atoms with Gasteiger partial charge in [0.15, 0.2) is 0 Å². The zero-order valence-corrected chi connectivity index (χ0v) is 8.85. The van der Waals surface area contributed by atoms with Crippen molar-refractivity contribution < 1.29 is 9.59 Å². The second-order valence-corrected chi connectivity index (χ2v) is 4.47. The fourth-order valence-electron chi connectivity index (χ4n) is 1.99. The molecule has 2 fully saturated rings. The lowest BCUT2D eigenvalue weighted by molar-refractivity contribution is -0.126. The molecule has 0 bridgehead atoms. The average Bonchev–Trinajstić information content (AvgIpc) is 2.41. The van der Waals surface area contributed by atoms with Crippen LogP contribution < -0.4 is 5.32 Å². The van der Waals surface area contributed by atoms with Gasteiger partial charge in [0.2, 0.25) is 5.91 Å². The molecule has 1 aliphatic carbocycles. The van der Waals surface area contributed by atoms with Gasteiger partial charge in [0.1, 0.15) is 0 Å². The Bertz CT molecular complexity index is 254. The van der Waals surface area contributed by atoms with Crippen LogP contribution in [0.25, 0.3) is 0 Å². The van der Waals surface area contributed by atoms with Gasteiger partial charge < -0.3 is 5.32 Å². The van der Waals surface area contributed by atoms with Gasteiger partial charge in [0.05, 0.1) is 6.54 Å². The summed E-state index contributed by atoms with van der Waals surface area (Å²) in [5.74, 6) is 0.646. The van der Waals surface area contributed by atoms with Crippen molar-refractivity contribution in [2.24, 2.45) is 5.41 Å². The Labute approximate surface area is 88.4 Å². The second-order valence-electron chi connectivity index (χ2n) is 4.15. The van der Waals surface area contributed by atoms with Crippen LogP contribution in [0.2, 0.25) is 0 Å². The quantitative estimate of drug-likeness (QED) is 0.535. The molecule has 1 heterocycles. The molecule has 3 amide bonds. The number of rotatable bonds is 3. The normalized spacial score (nSPS) is 24.8. The van der Waals surface area contributed by atoms with Crippen molar-refractivity contribution >= 4 is 24.6 Å². The van der Waals surface area contributed by atoms with Crippen LogP contribution in [0, 0.1) is 5.41 Å². The summed E-state index contributed by atoms with van der Waals surface area (Å²) in [6, 6.07) is -0.247. The minimum absolute atomic E-state index is 0.0977. The Morgan fingerprint density at radius 2 is 2.14 bits per heavy atom.